The van der Waals surface area contributed by atoms with E-state index in [1.807, 2.05) is 70.5 Å². The van der Waals surface area contributed by atoms with E-state index in [-0.39, 0.29) is 6.54 Å². The van der Waals surface area contributed by atoms with Gasteiger partial charge in [-0.05, 0) is 25.1 Å². The summed E-state index contributed by atoms with van der Waals surface area (Å²) in [5.74, 6) is 0. The van der Waals surface area contributed by atoms with Crippen LogP contribution < -0.4 is 9.80 Å². The number of aliphatic hydroxyl groups is 5. The number of quaternary nitrogens is 1. The standard InChI is InChI=1S/C22H33N4O5/c1-14-10-17(25-24-15-8-6-5-7-9-15)16(11-18(14)26(2,3)4)23-12-19(28)21(30)22(31)20(29)13-27/h5-11,19-23,27-31H,12-13H2,1-4H3/q+1. The number of azo groups is 1. The first-order valence-corrected chi connectivity index (χ1v) is 10.0. The van der Waals surface area contributed by atoms with Crippen molar-refractivity contribution in [3.05, 3.63) is 48.0 Å². The van der Waals surface area contributed by atoms with E-state index in [0.717, 1.165) is 11.3 Å². The summed E-state index contributed by atoms with van der Waals surface area (Å²) in [4.78, 5) is 0. The van der Waals surface area contributed by atoms with Gasteiger partial charge in [0.05, 0.1) is 45.2 Å². The van der Waals surface area contributed by atoms with E-state index >= 15 is 0 Å². The monoisotopic (exact) mass is 433 g/mol. The van der Waals surface area contributed by atoms with Crippen LogP contribution in [0, 0.1) is 6.92 Å². The van der Waals surface area contributed by atoms with Gasteiger partial charge in [-0.25, -0.2) is 0 Å². The minimum absolute atomic E-state index is 0.121. The van der Waals surface area contributed by atoms with E-state index in [0.29, 0.717) is 21.5 Å². The van der Waals surface area contributed by atoms with Crippen molar-refractivity contribution in [2.75, 3.05) is 39.6 Å². The summed E-state index contributed by atoms with van der Waals surface area (Å²) in [6.07, 6.45) is -6.28. The molecule has 6 N–H and O–H groups in total. The summed E-state index contributed by atoms with van der Waals surface area (Å²) in [5, 5.41) is 60.2. The van der Waals surface area contributed by atoms with Crippen molar-refractivity contribution in [3.8, 4) is 0 Å². The van der Waals surface area contributed by atoms with Crippen LogP contribution in [-0.2, 0) is 0 Å². The first-order valence-electron chi connectivity index (χ1n) is 10.0. The van der Waals surface area contributed by atoms with E-state index in [2.05, 4.69) is 15.5 Å². The summed E-state index contributed by atoms with van der Waals surface area (Å²) in [6.45, 7) is 1.13. The maximum absolute atomic E-state index is 10.3. The van der Waals surface area contributed by atoms with Crippen LogP contribution >= 0.6 is 0 Å². The molecule has 0 aliphatic heterocycles. The largest absolute Gasteiger partial charge is 0.394 e. The molecule has 9 heteroatoms. The average Bonchev–Trinajstić information content (AvgIpc) is 2.74. The number of benzene rings is 2. The van der Waals surface area contributed by atoms with Gasteiger partial charge in [0.25, 0.3) is 0 Å². The van der Waals surface area contributed by atoms with E-state index < -0.39 is 31.0 Å². The predicted molar refractivity (Wildman–Crippen MR) is 121 cm³/mol. The Hall–Kier alpha value is -2.40. The molecule has 9 nitrogen and oxygen atoms in total. The zero-order valence-corrected chi connectivity index (χ0v) is 18.3. The summed E-state index contributed by atoms with van der Waals surface area (Å²) in [6, 6.07) is 13.1. The van der Waals surface area contributed by atoms with Gasteiger partial charge in [-0.1, -0.05) is 18.2 Å². The Morgan fingerprint density at radius 3 is 2.10 bits per heavy atom. The summed E-state index contributed by atoms with van der Waals surface area (Å²) in [7, 11) is 6.09. The smallest absolute Gasteiger partial charge is 0.137 e. The van der Waals surface area contributed by atoms with Crippen molar-refractivity contribution in [2.24, 2.45) is 10.2 Å². The lowest BCUT2D eigenvalue weighted by atomic mass is 10.0. The fourth-order valence-corrected chi connectivity index (χ4v) is 3.13. The Balaban J connectivity index is 2.29. The lowest BCUT2D eigenvalue weighted by Crippen LogP contribution is -2.48. The lowest BCUT2D eigenvalue weighted by molar-refractivity contribution is -0.111. The molecule has 0 aliphatic rings. The van der Waals surface area contributed by atoms with E-state index in [4.69, 9.17) is 5.11 Å². The Bertz CT molecular complexity index is 870. The molecule has 2 rings (SSSR count). The number of anilines is 1. The SMILES string of the molecule is Cc1cc(N=Nc2ccccc2)c(NCC(O)C(O)C(O)C(O)CO)cc1[N+](C)(C)C. The quantitative estimate of drug-likeness (QED) is 0.248. The number of aryl methyl sites for hydroxylation is 1. The molecule has 0 saturated heterocycles. The molecule has 2 aromatic rings. The van der Waals surface area contributed by atoms with Crippen molar-refractivity contribution in [1.29, 1.82) is 0 Å². The van der Waals surface area contributed by atoms with Gasteiger partial charge in [-0.3, -0.25) is 4.48 Å². The summed E-state index contributed by atoms with van der Waals surface area (Å²) in [5.41, 5.74) is 3.88. The predicted octanol–water partition coefficient (Wildman–Crippen LogP) is 1.45. The van der Waals surface area contributed by atoms with Gasteiger partial charge in [-0.2, -0.15) is 5.11 Å². The molecule has 0 saturated carbocycles. The van der Waals surface area contributed by atoms with Gasteiger partial charge in [0, 0.05) is 18.2 Å². The van der Waals surface area contributed by atoms with Crippen molar-refractivity contribution < 1.29 is 25.5 Å². The third-order valence-corrected chi connectivity index (χ3v) is 4.89. The van der Waals surface area contributed by atoms with Gasteiger partial charge >= 0.3 is 0 Å². The van der Waals surface area contributed by atoms with Crippen LogP contribution in [0.3, 0.4) is 0 Å². The van der Waals surface area contributed by atoms with Crippen LogP contribution in [0.5, 0.6) is 0 Å². The Labute approximate surface area is 182 Å². The Morgan fingerprint density at radius 1 is 0.903 bits per heavy atom. The molecular weight excluding hydrogens is 400 g/mol. The molecule has 0 bridgehead atoms. The van der Waals surface area contributed by atoms with Crippen molar-refractivity contribution >= 4 is 22.7 Å². The number of nitrogens with one attached hydrogen (secondary N) is 1. The van der Waals surface area contributed by atoms with Crippen molar-refractivity contribution in [1.82, 2.24) is 4.48 Å². The Morgan fingerprint density at radius 2 is 1.52 bits per heavy atom. The Kier molecular flexibility index (Phi) is 8.63. The van der Waals surface area contributed by atoms with Crippen molar-refractivity contribution in [2.45, 2.75) is 31.3 Å². The second-order valence-corrected chi connectivity index (χ2v) is 8.38. The summed E-state index contributed by atoms with van der Waals surface area (Å²) >= 11 is 0. The maximum atomic E-state index is 10.3. The molecule has 0 heterocycles. The van der Waals surface area contributed by atoms with Gasteiger partial charge in [-0.15, -0.1) is 5.11 Å². The highest BCUT2D eigenvalue weighted by molar-refractivity contribution is 5.73. The van der Waals surface area contributed by atoms with Crippen LogP contribution in [0.4, 0.5) is 22.7 Å². The molecule has 2 aromatic carbocycles. The lowest BCUT2D eigenvalue weighted by Gasteiger charge is -2.28. The second-order valence-electron chi connectivity index (χ2n) is 8.38. The molecule has 0 radical (unpaired) electrons. The normalized spacial score (nSPS) is 16.2. The van der Waals surface area contributed by atoms with Gasteiger partial charge < -0.3 is 30.8 Å². The van der Waals surface area contributed by atoms with Crippen LogP contribution in [0.1, 0.15) is 5.56 Å². The highest BCUT2D eigenvalue weighted by Crippen LogP contribution is 2.35. The van der Waals surface area contributed by atoms with E-state index in [1.165, 1.54) is 0 Å². The molecule has 0 spiro atoms. The molecule has 170 valence electrons. The third kappa shape index (κ3) is 6.79. The molecule has 0 amide bonds. The van der Waals surface area contributed by atoms with Crippen LogP contribution in [0.15, 0.2) is 52.7 Å². The number of hydrogen-bond donors (Lipinski definition) is 6. The molecular formula is C22H33N4O5+. The highest BCUT2D eigenvalue weighted by Gasteiger charge is 2.30. The first kappa shape index (κ1) is 24.9. The second kappa shape index (κ2) is 10.8. The van der Waals surface area contributed by atoms with E-state index in [9.17, 15) is 20.4 Å². The minimum Gasteiger partial charge on any atom is -0.394 e. The molecule has 0 aromatic heterocycles. The zero-order valence-electron chi connectivity index (χ0n) is 18.3. The molecule has 0 fully saturated rings. The number of aliphatic hydroxyl groups excluding tert-OH is 5. The maximum Gasteiger partial charge on any atom is 0.137 e. The van der Waals surface area contributed by atoms with Gasteiger partial charge in [0.1, 0.15) is 29.7 Å². The fraction of sp³-hybridized carbons (Fsp3) is 0.455. The highest BCUT2D eigenvalue weighted by atomic mass is 16.4. The average molecular weight is 434 g/mol. The number of hydrogen-bond acceptors (Lipinski definition) is 8. The molecule has 4 atom stereocenters. The van der Waals surface area contributed by atoms with Gasteiger partial charge in [0.15, 0.2) is 0 Å². The topological polar surface area (TPSA) is 138 Å². The minimum atomic E-state index is -1.68. The van der Waals surface area contributed by atoms with Gasteiger partial charge in [0.2, 0.25) is 0 Å². The van der Waals surface area contributed by atoms with Crippen LogP contribution in [0.25, 0.3) is 0 Å². The van der Waals surface area contributed by atoms with Crippen molar-refractivity contribution in [3.63, 3.8) is 0 Å². The number of nitrogens with zero attached hydrogens (tertiary/aromatic N) is 3. The first-order chi connectivity index (χ1) is 14.5. The van der Waals surface area contributed by atoms with E-state index in [1.54, 1.807) is 0 Å². The zero-order chi connectivity index (χ0) is 23.2. The molecule has 4 unspecified atom stereocenters. The fourth-order valence-electron chi connectivity index (χ4n) is 3.13. The third-order valence-electron chi connectivity index (χ3n) is 4.89. The molecule has 0 aliphatic carbocycles. The summed E-state index contributed by atoms with van der Waals surface area (Å²) < 4.78 is 0.559. The van der Waals surface area contributed by atoms with Crippen LogP contribution in [0.2, 0.25) is 0 Å². The number of rotatable bonds is 10. The molecule has 31 heavy (non-hydrogen) atoms. The van der Waals surface area contributed by atoms with Crippen LogP contribution in [-0.4, -0.2) is 84.2 Å².